The lowest BCUT2D eigenvalue weighted by Gasteiger charge is -2.32. The van der Waals surface area contributed by atoms with Crippen molar-refractivity contribution < 1.29 is 14.3 Å². The molecule has 5 nitrogen and oxygen atoms in total. The van der Waals surface area contributed by atoms with Crippen LogP contribution in [0, 0.1) is 0 Å². The smallest absolute Gasteiger partial charge is 0.246 e. The summed E-state index contributed by atoms with van der Waals surface area (Å²) in [4.78, 5) is 29.5. The van der Waals surface area contributed by atoms with Crippen LogP contribution in [0.5, 0.6) is 5.75 Å². The van der Waals surface area contributed by atoms with E-state index in [1.54, 1.807) is 16.7 Å². The Balaban J connectivity index is 1.81. The van der Waals surface area contributed by atoms with E-state index < -0.39 is 0 Å². The molecule has 0 spiro atoms. The summed E-state index contributed by atoms with van der Waals surface area (Å²) in [6.07, 6.45) is 0.670. The predicted molar refractivity (Wildman–Crippen MR) is 95.2 cm³/mol. The number of likely N-dealkylation sites (N-methyl/N-ethyl adjacent to an activating group) is 1. The van der Waals surface area contributed by atoms with Crippen LogP contribution in [0.15, 0.2) is 24.3 Å². The Morgan fingerprint density at radius 2 is 2.04 bits per heavy atom. The first-order chi connectivity index (χ1) is 11.7. The van der Waals surface area contributed by atoms with Crippen molar-refractivity contribution in [2.24, 2.45) is 0 Å². The normalized spacial score (nSPS) is 22.7. The van der Waals surface area contributed by atoms with E-state index in [1.807, 2.05) is 43.0 Å². The summed E-state index contributed by atoms with van der Waals surface area (Å²) in [6.45, 7) is 5.86. The summed E-state index contributed by atoms with van der Waals surface area (Å²) < 4.78 is 5.66. The Labute approximate surface area is 147 Å². The highest BCUT2D eigenvalue weighted by Gasteiger charge is 2.40. The third-order valence-corrected chi connectivity index (χ3v) is 5.79. The molecule has 1 aromatic carbocycles. The van der Waals surface area contributed by atoms with E-state index >= 15 is 0 Å². The number of thioether (sulfide) groups is 1. The number of benzene rings is 1. The lowest BCUT2D eigenvalue weighted by atomic mass is 9.91. The molecule has 2 heterocycles. The summed E-state index contributed by atoms with van der Waals surface area (Å²) in [6, 6.07) is 7.39. The van der Waals surface area contributed by atoms with Gasteiger partial charge in [0, 0.05) is 24.4 Å². The SMILES string of the molecule is CCN(CC)C(=O)[C@@H]1CSCN1C(=O)[C@@H]1CCOc2ccccc21. The molecule has 0 radical (unpaired) electrons. The fourth-order valence-electron chi connectivity index (χ4n) is 3.41. The van der Waals surface area contributed by atoms with Gasteiger partial charge in [0.1, 0.15) is 11.8 Å². The third-order valence-electron chi connectivity index (χ3n) is 4.78. The van der Waals surface area contributed by atoms with Gasteiger partial charge >= 0.3 is 0 Å². The Morgan fingerprint density at radius 1 is 1.29 bits per heavy atom. The molecule has 0 unspecified atom stereocenters. The molecule has 2 aliphatic rings. The van der Waals surface area contributed by atoms with Crippen LogP contribution in [0.1, 0.15) is 31.7 Å². The summed E-state index contributed by atoms with van der Waals surface area (Å²) in [7, 11) is 0. The van der Waals surface area contributed by atoms with Gasteiger partial charge in [0.2, 0.25) is 11.8 Å². The van der Waals surface area contributed by atoms with Crippen molar-refractivity contribution in [2.75, 3.05) is 31.3 Å². The lowest BCUT2D eigenvalue weighted by molar-refractivity contribution is -0.144. The number of carbonyl (C=O) groups is 2. The van der Waals surface area contributed by atoms with Gasteiger partial charge in [0.25, 0.3) is 0 Å². The highest BCUT2D eigenvalue weighted by molar-refractivity contribution is 7.99. The Hall–Kier alpha value is -1.69. The van der Waals surface area contributed by atoms with E-state index in [0.29, 0.717) is 37.7 Å². The standard InChI is InChI=1S/C18H24N2O3S/c1-3-19(4-2)18(22)15-11-24-12-20(15)17(21)14-9-10-23-16-8-6-5-7-13(14)16/h5-8,14-15H,3-4,9-12H2,1-2H3/t14-,15+/m1/s1. The van der Waals surface area contributed by atoms with Crippen LogP contribution in [0.2, 0.25) is 0 Å². The first-order valence-electron chi connectivity index (χ1n) is 8.56. The van der Waals surface area contributed by atoms with Crippen molar-refractivity contribution in [2.45, 2.75) is 32.2 Å². The maximum Gasteiger partial charge on any atom is 0.246 e. The van der Waals surface area contributed by atoms with Crippen molar-refractivity contribution in [3.05, 3.63) is 29.8 Å². The number of hydrogen-bond acceptors (Lipinski definition) is 4. The van der Waals surface area contributed by atoms with Gasteiger partial charge in [-0.1, -0.05) is 18.2 Å². The monoisotopic (exact) mass is 348 g/mol. The van der Waals surface area contributed by atoms with E-state index in [0.717, 1.165) is 11.3 Å². The van der Waals surface area contributed by atoms with Gasteiger partial charge in [0.15, 0.2) is 0 Å². The quantitative estimate of drug-likeness (QED) is 0.838. The van der Waals surface area contributed by atoms with Gasteiger partial charge in [-0.25, -0.2) is 0 Å². The molecule has 2 atom stereocenters. The van der Waals surface area contributed by atoms with Crippen molar-refractivity contribution in [3.8, 4) is 5.75 Å². The highest BCUT2D eigenvalue weighted by Crippen LogP contribution is 2.36. The number of ether oxygens (including phenoxy) is 1. The van der Waals surface area contributed by atoms with Gasteiger partial charge in [-0.3, -0.25) is 9.59 Å². The summed E-state index contributed by atoms with van der Waals surface area (Å²) in [5.41, 5.74) is 0.944. The number of rotatable bonds is 4. The molecule has 0 saturated carbocycles. The second-order valence-corrected chi connectivity index (χ2v) is 7.06. The highest BCUT2D eigenvalue weighted by atomic mass is 32.2. The molecule has 1 fully saturated rings. The Bertz CT molecular complexity index is 618. The largest absolute Gasteiger partial charge is 0.493 e. The predicted octanol–water partition coefficient (Wildman–Crippen LogP) is 2.32. The molecule has 2 aliphatic heterocycles. The topological polar surface area (TPSA) is 49.9 Å². The zero-order valence-corrected chi connectivity index (χ0v) is 15.1. The van der Waals surface area contributed by atoms with E-state index in [-0.39, 0.29) is 23.8 Å². The van der Waals surface area contributed by atoms with E-state index in [4.69, 9.17) is 4.74 Å². The van der Waals surface area contributed by atoms with Gasteiger partial charge in [-0.2, -0.15) is 0 Å². The molecular formula is C18H24N2O3S. The molecule has 24 heavy (non-hydrogen) atoms. The van der Waals surface area contributed by atoms with Crippen LogP contribution in [0.25, 0.3) is 0 Å². The van der Waals surface area contributed by atoms with Gasteiger partial charge in [-0.15, -0.1) is 11.8 Å². The molecule has 3 rings (SSSR count). The van der Waals surface area contributed by atoms with Crippen LogP contribution in [-0.4, -0.2) is 59.0 Å². The van der Waals surface area contributed by atoms with Crippen molar-refractivity contribution in [1.29, 1.82) is 0 Å². The fourth-order valence-corrected chi connectivity index (χ4v) is 4.56. The van der Waals surface area contributed by atoms with E-state index in [9.17, 15) is 9.59 Å². The lowest BCUT2D eigenvalue weighted by Crippen LogP contribution is -2.50. The molecule has 1 aromatic rings. The summed E-state index contributed by atoms with van der Waals surface area (Å²) in [5.74, 6) is 1.99. The second kappa shape index (κ2) is 7.47. The van der Waals surface area contributed by atoms with Gasteiger partial charge in [-0.05, 0) is 26.3 Å². The zero-order valence-electron chi connectivity index (χ0n) is 14.2. The van der Waals surface area contributed by atoms with Crippen LogP contribution in [-0.2, 0) is 9.59 Å². The number of nitrogens with zero attached hydrogens (tertiary/aromatic N) is 2. The molecule has 2 amide bonds. The maximum atomic E-state index is 13.2. The fraction of sp³-hybridized carbons (Fsp3) is 0.556. The van der Waals surface area contributed by atoms with Crippen LogP contribution in [0.4, 0.5) is 0 Å². The second-order valence-electron chi connectivity index (χ2n) is 6.06. The minimum Gasteiger partial charge on any atom is -0.493 e. The average molecular weight is 348 g/mol. The maximum absolute atomic E-state index is 13.2. The van der Waals surface area contributed by atoms with Gasteiger partial charge in [0.05, 0.1) is 18.4 Å². The van der Waals surface area contributed by atoms with Crippen molar-refractivity contribution >= 4 is 23.6 Å². The van der Waals surface area contributed by atoms with Crippen LogP contribution >= 0.6 is 11.8 Å². The van der Waals surface area contributed by atoms with E-state index in [1.165, 1.54) is 0 Å². The average Bonchev–Trinajstić information content (AvgIpc) is 3.11. The number of amides is 2. The molecule has 6 heteroatoms. The van der Waals surface area contributed by atoms with E-state index in [2.05, 4.69) is 0 Å². The Kier molecular flexibility index (Phi) is 5.33. The first kappa shape index (κ1) is 17.1. The van der Waals surface area contributed by atoms with Crippen LogP contribution < -0.4 is 4.74 Å². The number of para-hydroxylation sites is 1. The molecule has 1 saturated heterocycles. The first-order valence-corrected chi connectivity index (χ1v) is 9.71. The summed E-state index contributed by atoms with van der Waals surface area (Å²) in [5, 5.41) is 0. The van der Waals surface area contributed by atoms with Crippen molar-refractivity contribution in [1.82, 2.24) is 9.80 Å². The van der Waals surface area contributed by atoms with Gasteiger partial charge < -0.3 is 14.5 Å². The number of carbonyl (C=O) groups excluding carboxylic acids is 2. The Morgan fingerprint density at radius 3 is 2.79 bits per heavy atom. The minimum absolute atomic E-state index is 0.0567. The third kappa shape index (κ3) is 3.11. The molecule has 130 valence electrons. The zero-order chi connectivity index (χ0) is 17.1. The molecule has 0 aromatic heterocycles. The van der Waals surface area contributed by atoms with Crippen LogP contribution in [0.3, 0.4) is 0 Å². The summed E-state index contributed by atoms with van der Waals surface area (Å²) >= 11 is 1.66. The number of hydrogen-bond donors (Lipinski definition) is 0. The minimum atomic E-state index is -0.336. The molecular weight excluding hydrogens is 324 g/mol. The molecule has 0 aliphatic carbocycles. The molecule has 0 bridgehead atoms. The molecule has 0 N–H and O–H groups in total. The van der Waals surface area contributed by atoms with Crippen molar-refractivity contribution in [3.63, 3.8) is 0 Å². The number of fused-ring (bicyclic) bond motifs is 1.